The molecule has 0 rings (SSSR count). The molecule has 2 atom stereocenters. The van der Waals surface area contributed by atoms with Crippen LogP contribution in [0.4, 0.5) is 0 Å². The van der Waals surface area contributed by atoms with Crippen LogP contribution in [-0.2, 0) is 14.2 Å². The second kappa shape index (κ2) is 4.28. The fraction of sp³-hybridized carbons (Fsp3) is 0.667. The van der Waals surface area contributed by atoms with Gasteiger partial charge < -0.3 is 25.7 Å². The van der Waals surface area contributed by atoms with E-state index in [1.54, 1.807) is 0 Å². The zero-order valence-corrected chi connectivity index (χ0v) is 8.72. The number of aliphatic carboxylic acids is 2. The van der Waals surface area contributed by atoms with Gasteiger partial charge in [-0.2, -0.15) is 0 Å². The molecule has 0 heterocycles. The van der Waals surface area contributed by atoms with Gasteiger partial charge in [-0.15, -0.1) is 0 Å². The number of hydrogen-bond acceptors (Lipinski definition) is 4. The highest BCUT2D eigenvalue weighted by atomic mass is 31.2. The van der Waals surface area contributed by atoms with Crippen molar-refractivity contribution >= 4 is 19.5 Å². The van der Waals surface area contributed by atoms with Crippen molar-refractivity contribution in [2.24, 2.45) is 11.7 Å². The minimum absolute atomic E-state index is 0.302. The molecule has 0 aliphatic rings. The van der Waals surface area contributed by atoms with Crippen molar-refractivity contribution in [3.05, 3.63) is 0 Å². The van der Waals surface area contributed by atoms with E-state index in [1.165, 1.54) is 6.92 Å². The van der Waals surface area contributed by atoms with Crippen LogP contribution in [0.5, 0.6) is 0 Å². The molecule has 0 aromatic heterocycles. The first-order valence-electron chi connectivity index (χ1n) is 3.89. The maximum Gasteiger partial charge on any atom is 0.357 e. The summed E-state index contributed by atoms with van der Waals surface area (Å²) < 4.78 is 10.9. The molecule has 0 aromatic carbocycles. The molecular formula is C6H12NO7P. The molecule has 0 saturated carbocycles. The minimum atomic E-state index is -5.27. The lowest BCUT2D eigenvalue weighted by Gasteiger charge is -2.30. The van der Waals surface area contributed by atoms with Gasteiger partial charge in [0.2, 0.25) is 5.28 Å². The first-order valence-corrected chi connectivity index (χ1v) is 5.51. The zero-order chi connectivity index (χ0) is 12.4. The summed E-state index contributed by atoms with van der Waals surface area (Å²) in [5.74, 6) is -5.55. The summed E-state index contributed by atoms with van der Waals surface area (Å²) in [5, 5.41) is 14.2. The molecule has 6 N–H and O–H groups in total. The van der Waals surface area contributed by atoms with Gasteiger partial charge in [0.25, 0.3) is 0 Å². The van der Waals surface area contributed by atoms with Crippen molar-refractivity contribution in [2.45, 2.75) is 18.6 Å². The predicted octanol–water partition coefficient (Wildman–Crippen LogP) is -0.985. The summed E-state index contributed by atoms with van der Waals surface area (Å²) in [7, 11) is -5.27. The lowest BCUT2D eigenvalue weighted by atomic mass is 9.97. The van der Waals surface area contributed by atoms with E-state index in [9.17, 15) is 14.2 Å². The Balaban J connectivity index is 5.58. The normalized spacial score (nSPS) is 17.9. The number of carbonyl (C=O) groups is 2. The van der Waals surface area contributed by atoms with Crippen LogP contribution in [0.3, 0.4) is 0 Å². The molecule has 9 heteroatoms. The second-order valence-electron chi connectivity index (χ2n) is 2.97. The highest BCUT2D eigenvalue weighted by Crippen LogP contribution is 2.52. The molecule has 0 saturated heterocycles. The molecule has 88 valence electrons. The van der Waals surface area contributed by atoms with Crippen molar-refractivity contribution < 1.29 is 34.2 Å². The Morgan fingerprint density at radius 3 is 1.87 bits per heavy atom. The molecule has 0 bridgehead atoms. The maximum absolute atomic E-state index is 10.9. The van der Waals surface area contributed by atoms with Crippen LogP contribution in [0.2, 0.25) is 0 Å². The topological polar surface area (TPSA) is 158 Å². The molecule has 15 heavy (non-hydrogen) atoms. The summed E-state index contributed by atoms with van der Waals surface area (Å²) in [5.41, 5.74) is 5.03. The Kier molecular flexibility index (Phi) is 4.01. The Morgan fingerprint density at radius 2 is 1.80 bits per heavy atom. The third-order valence-electron chi connectivity index (χ3n) is 2.06. The Labute approximate surface area is 84.9 Å². The number of nitrogens with two attached hydrogens (primary N) is 1. The van der Waals surface area contributed by atoms with Gasteiger partial charge in [-0.3, -0.25) is 9.36 Å². The largest absolute Gasteiger partial charge is 0.481 e. The molecule has 0 aliphatic carbocycles. The van der Waals surface area contributed by atoms with Gasteiger partial charge in [-0.25, -0.2) is 4.79 Å². The Morgan fingerprint density at radius 1 is 1.40 bits per heavy atom. The molecule has 0 spiro atoms. The van der Waals surface area contributed by atoms with Crippen LogP contribution < -0.4 is 5.73 Å². The van der Waals surface area contributed by atoms with E-state index >= 15 is 0 Å². The zero-order valence-electron chi connectivity index (χ0n) is 7.82. The van der Waals surface area contributed by atoms with Crippen molar-refractivity contribution in [2.75, 3.05) is 0 Å². The second-order valence-corrected chi connectivity index (χ2v) is 4.80. The van der Waals surface area contributed by atoms with E-state index in [1.807, 2.05) is 0 Å². The van der Waals surface area contributed by atoms with Crippen molar-refractivity contribution in [3.8, 4) is 0 Å². The standard InChI is InChI=1S/C6H12NO7P/c1-2-3(4(8)9)6(7,5(10)11)15(12,13)14/h3H,2,7H2,1H3,(H,8,9)(H,10,11)(H2,12,13,14). The van der Waals surface area contributed by atoms with E-state index in [0.717, 1.165) is 0 Å². The van der Waals surface area contributed by atoms with E-state index in [4.69, 9.17) is 25.7 Å². The molecular weight excluding hydrogens is 229 g/mol. The Bertz CT molecular complexity index is 323. The van der Waals surface area contributed by atoms with Crippen LogP contribution in [-0.4, -0.2) is 37.2 Å². The molecule has 0 radical (unpaired) electrons. The summed E-state index contributed by atoms with van der Waals surface area (Å²) in [6, 6.07) is 0. The maximum atomic E-state index is 10.9. The first kappa shape index (κ1) is 14.1. The minimum Gasteiger partial charge on any atom is -0.481 e. The number of carboxylic acid groups (broad SMARTS) is 2. The van der Waals surface area contributed by atoms with Gasteiger partial charge in [-0.1, -0.05) is 6.92 Å². The predicted molar refractivity (Wildman–Crippen MR) is 48.0 cm³/mol. The molecule has 0 aromatic rings. The van der Waals surface area contributed by atoms with E-state index in [-0.39, 0.29) is 6.42 Å². The smallest absolute Gasteiger partial charge is 0.357 e. The summed E-state index contributed by atoms with van der Waals surface area (Å²) in [6.07, 6.45) is -0.302. The molecule has 2 unspecified atom stereocenters. The van der Waals surface area contributed by atoms with Gasteiger partial charge in [0, 0.05) is 0 Å². The van der Waals surface area contributed by atoms with E-state index < -0.39 is 30.7 Å². The third kappa shape index (κ3) is 2.35. The lowest BCUT2D eigenvalue weighted by Crippen LogP contribution is -2.56. The summed E-state index contributed by atoms with van der Waals surface area (Å²) in [4.78, 5) is 38.9. The van der Waals surface area contributed by atoms with Gasteiger partial charge in [-0.05, 0) is 6.42 Å². The van der Waals surface area contributed by atoms with Gasteiger partial charge >= 0.3 is 19.5 Å². The highest BCUT2D eigenvalue weighted by Gasteiger charge is 2.58. The first-order chi connectivity index (χ1) is 6.59. The Hall–Kier alpha value is -0.950. The third-order valence-corrected chi connectivity index (χ3v) is 3.53. The summed E-state index contributed by atoms with van der Waals surface area (Å²) >= 11 is 0. The van der Waals surface area contributed by atoms with Crippen molar-refractivity contribution in [1.82, 2.24) is 0 Å². The molecule has 8 nitrogen and oxygen atoms in total. The highest BCUT2D eigenvalue weighted by molar-refractivity contribution is 7.54. The molecule has 0 amide bonds. The van der Waals surface area contributed by atoms with Gasteiger partial charge in [0.15, 0.2) is 0 Å². The average Bonchev–Trinajstić information content (AvgIpc) is 2.01. The average molecular weight is 241 g/mol. The number of carboxylic acids is 2. The fourth-order valence-electron chi connectivity index (χ4n) is 1.15. The summed E-state index contributed by atoms with van der Waals surface area (Å²) in [6.45, 7) is 1.28. The monoisotopic (exact) mass is 241 g/mol. The van der Waals surface area contributed by atoms with Crippen molar-refractivity contribution in [3.63, 3.8) is 0 Å². The molecule has 0 aliphatic heterocycles. The lowest BCUT2D eigenvalue weighted by molar-refractivity contribution is -0.152. The van der Waals surface area contributed by atoms with E-state index in [0.29, 0.717) is 0 Å². The molecule has 0 fully saturated rings. The van der Waals surface area contributed by atoms with Crippen LogP contribution in [0.15, 0.2) is 0 Å². The number of hydrogen-bond donors (Lipinski definition) is 5. The van der Waals surface area contributed by atoms with Crippen LogP contribution in [0.25, 0.3) is 0 Å². The van der Waals surface area contributed by atoms with Gasteiger partial charge in [0.05, 0.1) is 5.92 Å². The van der Waals surface area contributed by atoms with Crippen LogP contribution in [0.1, 0.15) is 13.3 Å². The SMILES string of the molecule is CCC(C(=O)O)C(N)(C(=O)O)P(=O)(O)O. The van der Waals surface area contributed by atoms with Crippen molar-refractivity contribution in [1.29, 1.82) is 0 Å². The van der Waals surface area contributed by atoms with Crippen LogP contribution >= 0.6 is 7.60 Å². The van der Waals surface area contributed by atoms with Crippen LogP contribution in [0, 0.1) is 5.92 Å². The number of rotatable bonds is 5. The fourth-order valence-corrected chi connectivity index (χ4v) is 2.10. The van der Waals surface area contributed by atoms with E-state index in [2.05, 4.69) is 0 Å². The van der Waals surface area contributed by atoms with Gasteiger partial charge in [0.1, 0.15) is 0 Å². The quantitative estimate of drug-likeness (QED) is 0.384.